The average molecular weight is 227 g/mol. The van der Waals surface area contributed by atoms with Crippen molar-refractivity contribution in [2.75, 3.05) is 0 Å². The fourth-order valence-electron chi connectivity index (χ4n) is 2.80. The minimum absolute atomic E-state index is 0.311. The van der Waals surface area contributed by atoms with Gasteiger partial charge in [-0.1, -0.05) is 37.6 Å². The summed E-state index contributed by atoms with van der Waals surface area (Å²) >= 11 is 0. The number of hydrogen-bond acceptors (Lipinski definition) is 1. The maximum absolute atomic E-state index is 8.89. The summed E-state index contributed by atoms with van der Waals surface area (Å²) in [6.07, 6.45) is 6.93. The SMILES string of the molecule is CCCc1ccc(C2CCC(C#N)CC2)cc1. The summed E-state index contributed by atoms with van der Waals surface area (Å²) in [7, 11) is 0. The van der Waals surface area contributed by atoms with Gasteiger partial charge in [-0.2, -0.15) is 5.26 Å². The number of nitriles is 1. The Labute approximate surface area is 104 Å². The van der Waals surface area contributed by atoms with E-state index >= 15 is 0 Å². The van der Waals surface area contributed by atoms with E-state index in [-0.39, 0.29) is 0 Å². The van der Waals surface area contributed by atoms with Crippen molar-refractivity contribution in [2.45, 2.75) is 51.4 Å². The molecule has 1 aromatic rings. The molecule has 0 spiro atoms. The van der Waals surface area contributed by atoms with Crippen LogP contribution in [0.3, 0.4) is 0 Å². The van der Waals surface area contributed by atoms with Gasteiger partial charge >= 0.3 is 0 Å². The van der Waals surface area contributed by atoms with Gasteiger partial charge in [-0.05, 0) is 49.1 Å². The average Bonchev–Trinajstić information content (AvgIpc) is 2.40. The van der Waals surface area contributed by atoms with Gasteiger partial charge in [-0.25, -0.2) is 0 Å². The maximum Gasteiger partial charge on any atom is 0.0655 e. The van der Waals surface area contributed by atoms with Gasteiger partial charge in [0.05, 0.1) is 6.07 Å². The van der Waals surface area contributed by atoms with Gasteiger partial charge in [0, 0.05) is 5.92 Å². The van der Waals surface area contributed by atoms with Crippen LogP contribution in [0.2, 0.25) is 0 Å². The summed E-state index contributed by atoms with van der Waals surface area (Å²) in [4.78, 5) is 0. The molecule has 0 unspecified atom stereocenters. The predicted octanol–water partition coefficient (Wildman–Crippen LogP) is 4.44. The molecule has 1 fully saturated rings. The van der Waals surface area contributed by atoms with Crippen LogP contribution >= 0.6 is 0 Å². The Bertz CT molecular complexity index is 377. The first-order chi connectivity index (χ1) is 8.33. The standard InChI is InChI=1S/C16H21N/c1-2-3-13-4-8-15(9-5-13)16-10-6-14(12-17)7-11-16/h4-5,8-9,14,16H,2-3,6-7,10-11H2,1H3. The molecular formula is C16H21N. The molecule has 1 aromatic carbocycles. The summed E-state index contributed by atoms with van der Waals surface area (Å²) in [6, 6.07) is 11.5. The largest absolute Gasteiger partial charge is 0.198 e. The highest BCUT2D eigenvalue weighted by Crippen LogP contribution is 2.35. The van der Waals surface area contributed by atoms with E-state index in [1.165, 1.54) is 36.8 Å². The van der Waals surface area contributed by atoms with Crippen molar-refractivity contribution in [3.63, 3.8) is 0 Å². The lowest BCUT2D eigenvalue weighted by Crippen LogP contribution is -2.11. The van der Waals surface area contributed by atoms with Gasteiger partial charge in [0.15, 0.2) is 0 Å². The Balaban J connectivity index is 1.97. The molecular weight excluding hydrogens is 206 g/mol. The quantitative estimate of drug-likeness (QED) is 0.749. The minimum Gasteiger partial charge on any atom is -0.198 e. The van der Waals surface area contributed by atoms with Gasteiger partial charge in [-0.15, -0.1) is 0 Å². The third-order valence-corrected chi connectivity index (χ3v) is 3.90. The summed E-state index contributed by atoms with van der Waals surface area (Å²) in [5.74, 6) is 1.00. The molecule has 2 rings (SSSR count). The van der Waals surface area contributed by atoms with E-state index in [2.05, 4.69) is 37.3 Å². The lowest BCUT2D eigenvalue weighted by atomic mass is 9.79. The monoisotopic (exact) mass is 227 g/mol. The zero-order valence-corrected chi connectivity index (χ0v) is 10.7. The van der Waals surface area contributed by atoms with Crippen molar-refractivity contribution in [2.24, 2.45) is 5.92 Å². The molecule has 0 heterocycles. The fraction of sp³-hybridized carbons (Fsp3) is 0.562. The van der Waals surface area contributed by atoms with E-state index in [0.29, 0.717) is 11.8 Å². The molecule has 0 bridgehead atoms. The molecule has 0 aliphatic heterocycles. The van der Waals surface area contributed by atoms with Crippen LogP contribution in [0.15, 0.2) is 24.3 Å². The molecule has 0 aromatic heterocycles. The summed E-state index contributed by atoms with van der Waals surface area (Å²) in [5, 5.41) is 8.89. The molecule has 0 saturated heterocycles. The predicted molar refractivity (Wildman–Crippen MR) is 70.7 cm³/mol. The van der Waals surface area contributed by atoms with Gasteiger partial charge in [-0.3, -0.25) is 0 Å². The Morgan fingerprint density at radius 3 is 2.29 bits per heavy atom. The fourth-order valence-corrected chi connectivity index (χ4v) is 2.80. The molecule has 0 radical (unpaired) electrons. The highest BCUT2D eigenvalue weighted by molar-refractivity contribution is 5.26. The van der Waals surface area contributed by atoms with Crippen LogP contribution in [-0.4, -0.2) is 0 Å². The highest BCUT2D eigenvalue weighted by Gasteiger charge is 2.21. The zero-order valence-electron chi connectivity index (χ0n) is 10.7. The van der Waals surface area contributed by atoms with Crippen molar-refractivity contribution in [3.05, 3.63) is 35.4 Å². The first-order valence-corrected chi connectivity index (χ1v) is 6.82. The van der Waals surface area contributed by atoms with Crippen LogP contribution < -0.4 is 0 Å². The van der Waals surface area contributed by atoms with Crippen LogP contribution in [0, 0.1) is 17.2 Å². The highest BCUT2D eigenvalue weighted by atomic mass is 14.3. The van der Waals surface area contributed by atoms with E-state index in [9.17, 15) is 0 Å². The zero-order chi connectivity index (χ0) is 12.1. The van der Waals surface area contributed by atoms with Crippen molar-refractivity contribution in [3.8, 4) is 6.07 Å². The van der Waals surface area contributed by atoms with Gasteiger partial charge in [0.25, 0.3) is 0 Å². The molecule has 1 aliphatic carbocycles. The molecule has 1 heteroatoms. The van der Waals surface area contributed by atoms with Crippen molar-refractivity contribution in [1.29, 1.82) is 5.26 Å². The van der Waals surface area contributed by atoms with Crippen molar-refractivity contribution in [1.82, 2.24) is 0 Å². The second kappa shape index (κ2) is 5.87. The second-order valence-corrected chi connectivity index (χ2v) is 5.17. The molecule has 1 nitrogen and oxygen atoms in total. The third kappa shape index (κ3) is 3.09. The lowest BCUT2D eigenvalue weighted by Gasteiger charge is -2.25. The number of rotatable bonds is 3. The van der Waals surface area contributed by atoms with E-state index in [0.717, 1.165) is 12.8 Å². The van der Waals surface area contributed by atoms with E-state index in [4.69, 9.17) is 5.26 Å². The number of nitrogens with zero attached hydrogens (tertiary/aromatic N) is 1. The summed E-state index contributed by atoms with van der Waals surface area (Å²) in [6.45, 7) is 2.22. The smallest absolute Gasteiger partial charge is 0.0655 e. The number of hydrogen-bond donors (Lipinski definition) is 0. The summed E-state index contributed by atoms with van der Waals surface area (Å²) < 4.78 is 0. The lowest BCUT2D eigenvalue weighted by molar-refractivity contribution is 0.382. The van der Waals surface area contributed by atoms with Crippen LogP contribution in [0.4, 0.5) is 0 Å². The molecule has 90 valence electrons. The Kier molecular flexibility index (Phi) is 4.20. The number of benzene rings is 1. The molecule has 1 aliphatic rings. The van der Waals surface area contributed by atoms with E-state index < -0.39 is 0 Å². The van der Waals surface area contributed by atoms with Crippen LogP contribution in [0.5, 0.6) is 0 Å². The van der Waals surface area contributed by atoms with Crippen molar-refractivity contribution >= 4 is 0 Å². The Morgan fingerprint density at radius 2 is 1.76 bits per heavy atom. The molecule has 0 amide bonds. The van der Waals surface area contributed by atoms with E-state index in [1.54, 1.807) is 0 Å². The molecule has 0 N–H and O–H groups in total. The first kappa shape index (κ1) is 12.2. The van der Waals surface area contributed by atoms with Crippen LogP contribution in [-0.2, 0) is 6.42 Å². The van der Waals surface area contributed by atoms with Crippen molar-refractivity contribution < 1.29 is 0 Å². The topological polar surface area (TPSA) is 23.8 Å². The molecule has 0 atom stereocenters. The minimum atomic E-state index is 0.311. The molecule has 1 saturated carbocycles. The number of aryl methyl sites for hydroxylation is 1. The maximum atomic E-state index is 8.89. The third-order valence-electron chi connectivity index (χ3n) is 3.90. The first-order valence-electron chi connectivity index (χ1n) is 6.82. The van der Waals surface area contributed by atoms with Gasteiger partial charge in [0.1, 0.15) is 0 Å². The Hall–Kier alpha value is -1.29. The normalized spacial score (nSPS) is 24.2. The van der Waals surface area contributed by atoms with Crippen LogP contribution in [0.1, 0.15) is 56.1 Å². The van der Waals surface area contributed by atoms with Gasteiger partial charge in [0.2, 0.25) is 0 Å². The summed E-state index contributed by atoms with van der Waals surface area (Å²) in [5.41, 5.74) is 2.92. The Morgan fingerprint density at radius 1 is 1.12 bits per heavy atom. The van der Waals surface area contributed by atoms with E-state index in [1.807, 2.05) is 0 Å². The molecule has 17 heavy (non-hydrogen) atoms. The van der Waals surface area contributed by atoms with Crippen LogP contribution in [0.25, 0.3) is 0 Å². The second-order valence-electron chi connectivity index (χ2n) is 5.17. The van der Waals surface area contributed by atoms with Gasteiger partial charge < -0.3 is 0 Å².